The number of nitrogens with one attached hydrogen (secondary N) is 2. The Morgan fingerprint density at radius 1 is 1.56 bits per heavy atom. The molecule has 0 aromatic rings. The van der Waals surface area contributed by atoms with E-state index in [0.717, 1.165) is 4.90 Å². The predicted molar refractivity (Wildman–Crippen MR) is 51.1 cm³/mol. The zero-order chi connectivity index (χ0) is 12.4. The van der Waals surface area contributed by atoms with Crippen LogP contribution in [0.4, 0.5) is 0 Å². The summed E-state index contributed by atoms with van der Waals surface area (Å²) in [4.78, 5) is 20.5. The number of nitrogens with two attached hydrogens (primary N) is 1. The van der Waals surface area contributed by atoms with Gasteiger partial charge in [0, 0.05) is 13.6 Å². The Labute approximate surface area is 116 Å². The van der Waals surface area contributed by atoms with E-state index >= 15 is 0 Å². The van der Waals surface area contributed by atoms with E-state index < -0.39 is 11.9 Å². The summed E-state index contributed by atoms with van der Waals surface area (Å²) in [5, 5.41) is 26.7. The fraction of sp³-hybridized carbons (Fsp3) is 0.571. The molecule has 0 spiro atoms. The van der Waals surface area contributed by atoms with Crippen LogP contribution in [0.1, 0.15) is 0 Å². The van der Waals surface area contributed by atoms with Crippen molar-refractivity contribution in [2.75, 3.05) is 27.2 Å². The number of carbonyl (C=O) groups is 2. The summed E-state index contributed by atoms with van der Waals surface area (Å²) in [6.45, 7) is -0.296. The Morgan fingerprint density at radius 2 is 2.00 bits per heavy atom. The molecule has 0 aromatic heterocycles. The summed E-state index contributed by atoms with van der Waals surface area (Å²) in [6.07, 6.45) is 0. The molecule has 8 nitrogen and oxygen atoms in total. The Kier molecular flexibility index (Phi) is 15.7. The molecule has 0 saturated heterocycles. The molecule has 9 heteroatoms. The minimum absolute atomic E-state index is 0. The molecule has 0 bridgehead atoms. The van der Waals surface area contributed by atoms with Crippen molar-refractivity contribution in [1.29, 1.82) is 5.41 Å². The Bertz CT molecular complexity index is 236. The van der Waals surface area contributed by atoms with E-state index in [4.69, 9.17) is 16.2 Å². The molecule has 0 radical (unpaired) electrons. The second kappa shape index (κ2) is 12.2. The second-order valence-electron chi connectivity index (χ2n) is 2.54. The van der Waals surface area contributed by atoms with Crippen LogP contribution < -0.4 is 45.7 Å². The largest absolute Gasteiger partial charge is 1.00 e. The number of likely N-dealkylation sites (N-methyl/N-ethyl adjacent to an activating group) is 2. The number of hydrogen-bond donors (Lipinski definition) is 4. The fourth-order valence-electron chi connectivity index (χ4n) is 0.432. The Morgan fingerprint density at radius 3 is 2.06 bits per heavy atom. The molecular formula is C7H15N4NaO4. The average molecular weight is 242 g/mol. The van der Waals surface area contributed by atoms with E-state index in [1.165, 1.54) is 7.05 Å². The van der Waals surface area contributed by atoms with Gasteiger partial charge in [0.2, 0.25) is 0 Å². The van der Waals surface area contributed by atoms with E-state index in [-0.39, 0.29) is 48.6 Å². The molecule has 88 valence electrons. The summed E-state index contributed by atoms with van der Waals surface area (Å²) in [6, 6.07) is 0. The quantitative estimate of drug-likeness (QED) is 0.218. The van der Waals surface area contributed by atoms with E-state index in [0.29, 0.717) is 0 Å². The standard InChI is InChI=1S/C4H9N3O2.C3H7NO2.Na/c1-7(4(5)6)2-3(8)9;1-4-2-3(5)6;/h2H2,1H3,(H3,5,6)(H,8,9);4H,2H2,1H3,(H,5,6);/q;;+1/p-1. The first-order chi connectivity index (χ1) is 6.81. The molecule has 5 N–H and O–H groups in total. The van der Waals surface area contributed by atoms with E-state index in [1.807, 2.05) is 0 Å². The molecule has 0 atom stereocenters. The SMILES string of the molecule is CN(CC(=O)O)C(=N)N.CNCC(=O)[O-].[Na+]. The minimum atomic E-state index is -1.07. The molecule has 0 aliphatic heterocycles. The maximum absolute atomic E-state index is 9.92. The maximum Gasteiger partial charge on any atom is 1.00 e. The van der Waals surface area contributed by atoms with Gasteiger partial charge in [-0.15, -0.1) is 0 Å². The van der Waals surface area contributed by atoms with Gasteiger partial charge < -0.3 is 31.0 Å². The first-order valence-electron chi connectivity index (χ1n) is 3.92. The number of hydrogen-bond acceptors (Lipinski definition) is 5. The molecule has 0 aliphatic carbocycles. The number of aliphatic carboxylic acids is 2. The van der Waals surface area contributed by atoms with Gasteiger partial charge in [0.05, 0.1) is 5.97 Å². The number of carboxylic acid groups (broad SMARTS) is 2. The molecule has 16 heavy (non-hydrogen) atoms. The van der Waals surface area contributed by atoms with Crippen LogP contribution in [-0.4, -0.2) is 55.1 Å². The van der Waals surface area contributed by atoms with Gasteiger partial charge in [0.1, 0.15) is 6.54 Å². The second-order valence-corrected chi connectivity index (χ2v) is 2.54. The molecule has 0 fully saturated rings. The van der Waals surface area contributed by atoms with Crippen LogP contribution in [0.3, 0.4) is 0 Å². The molecule has 0 aromatic carbocycles. The first-order valence-corrected chi connectivity index (χ1v) is 3.92. The Hall–Kier alpha value is -0.830. The molecule has 0 saturated carbocycles. The normalized spacial score (nSPS) is 7.88. The monoisotopic (exact) mass is 242 g/mol. The molecule has 0 amide bonds. The summed E-state index contributed by atoms with van der Waals surface area (Å²) in [5.41, 5.74) is 4.93. The number of guanidine groups is 1. The molecule has 0 aliphatic rings. The van der Waals surface area contributed by atoms with Gasteiger partial charge in [-0.2, -0.15) is 0 Å². The summed E-state index contributed by atoms with van der Waals surface area (Å²) in [5.74, 6) is -2.30. The van der Waals surface area contributed by atoms with Crippen LogP contribution in [0.15, 0.2) is 0 Å². The maximum atomic E-state index is 9.92. The Balaban J connectivity index is -0.000000214. The van der Waals surface area contributed by atoms with Crippen molar-refractivity contribution in [2.45, 2.75) is 0 Å². The van der Waals surface area contributed by atoms with Crippen LogP contribution in [0.5, 0.6) is 0 Å². The summed E-state index contributed by atoms with van der Waals surface area (Å²) in [7, 11) is 2.99. The smallest absolute Gasteiger partial charge is 0.549 e. The van der Waals surface area contributed by atoms with Crippen LogP contribution in [0.25, 0.3) is 0 Å². The van der Waals surface area contributed by atoms with Gasteiger partial charge in [-0.1, -0.05) is 0 Å². The van der Waals surface area contributed by atoms with Gasteiger partial charge in [-0.05, 0) is 7.05 Å². The third-order valence-corrected chi connectivity index (χ3v) is 1.10. The van der Waals surface area contributed by atoms with Crippen molar-refractivity contribution in [3.05, 3.63) is 0 Å². The van der Waals surface area contributed by atoms with E-state index in [1.54, 1.807) is 7.05 Å². The van der Waals surface area contributed by atoms with E-state index in [2.05, 4.69) is 5.32 Å². The zero-order valence-electron chi connectivity index (χ0n) is 9.61. The van der Waals surface area contributed by atoms with Crippen molar-refractivity contribution >= 4 is 17.9 Å². The number of rotatable bonds is 4. The molecule has 0 unspecified atom stereocenters. The minimum Gasteiger partial charge on any atom is -0.549 e. The third kappa shape index (κ3) is 18.9. The van der Waals surface area contributed by atoms with Crippen molar-refractivity contribution in [3.63, 3.8) is 0 Å². The van der Waals surface area contributed by atoms with Gasteiger partial charge in [-0.25, -0.2) is 0 Å². The van der Waals surface area contributed by atoms with Crippen molar-refractivity contribution in [1.82, 2.24) is 10.2 Å². The topological polar surface area (TPSA) is 143 Å². The first kappa shape index (κ1) is 20.6. The van der Waals surface area contributed by atoms with Gasteiger partial charge >= 0.3 is 35.5 Å². The summed E-state index contributed by atoms with van der Waals surface area (Å²) >= 11 is 0. The van der Waals surface area contributed by atoms with Crippen LogP contribution >= 0.6 is 0 Å². The van der Waals surface area contributed by atoms with Gasteiger partial charge in [0.25, 0.3) is 0 Å². The average Bonchev–Trinajstić information content (AvgIpc) is 2.03. The third-order valence-electron chi connectivity index (χ3n) is 1.10. The number of carboxylic acids is 2. The number of carbonyl (C=O) groups excluding carboxylic acids is 1. The van der Waals surface area contributed by atoms with Crippen LogP contribution in [-0.2, 0) is 9.59 Å². The number of nitrogens with zero attached hydrogens (tertiary/aromatic N) is 1. The van der Waals surface area contributed by atoms with Crippen LogP contribution in [0, 0.1) is 5.41 Å². The van der Waals surface area contributed by atoms with Crippen molar-refractivity contribution < 1.29 is 49.4 Å². The van der Waals surface area contributed by atoms with Gasteiger partial charge in [0.15, 0.2) is 5.96 Å². The molecule has 0 rings (SSSR count). The molecular weight excluding hydrogens is 227 g/mol. The fourth-order valence-corrected chi connectivity index (χ4v) is 0.432. The van der Waals surface area contributed by atoms with Crippen LogP contribution in [0.2, 0.25) is 0 Å². The van der Waals surface area contributed by atoms with Gasteiger partial charge in [-0.3, -0.25) is 10.2 Å². The summed E-state index contributed by atoms with van der Waals surface area (Å²) < 4.78 is 0. The van der Waals surface area contributed by atoms with Crippen molar-refractivity contribution in [3.8, 4) is 0 Å². The van der Waals surface area contributed by atoms with E-state index in [9.17, 15) is 14.7 Å². The zero-order valence-corrected chi connectivity index (χ0v) is 11.6. The predicted octanol–water partition coefficient (Wildman–Crippen LogP) is -6.14. The molecule has 0 heterocycles. The van der Waals surface area contributed by atoms with Crippen molar-refractivity contribution in [2.24, 2.45) is 5.73 Å².